The Morgan fingerprint density at radius 2 is 1.76 bits per heavy atom. The van der Waals surface area contributed by atoms with E-state index in [0.29, 0.717) is 26.3 Å². The fourth-order valence-corrected chi connectivity index (χ4v) is 4.97. The third kappa shape index (κ3) is 6.11. The summed E-state index contributed by atoms with van der Waals surface area (Å²) in [5, 5.41) is 6.19. The van der Waals surface area contributed by atoms with Crippen molar-refractivity contribution in [2.24, 2.45) is 5.92 Å². The molecule has 2 heterocycles. The first-order valence-corrected chi connectivity index (χ1v) is 12.8. The number of carbonyl (C=O) groups excluding carboxylic acids is 3. The summed E-state index contributed by atoms with van der Waals surface area (Å²) in [7, 11) is 1.73. The molecule has 37 heavy (non-hydrogen) atoms. The van der Waals surface area contributed by atoms with E-state index in [1.807, 2.05) is 75.4 Å². The lowest BCUT2D eigenvalue weighted by molar-refractivity contribution is -0.190. The van der Waals surface area contributed by atoms with Crippen molar-refractivity contribution in [1.29, 1.82) is 0 Å². The molecule has 9 nitrogen and oxygen atoms in total. The van der Waals surface area contributed by atoms with Crippen molar-refractivity contribution < 1.29 is 19.1 Å². The van der Waals surface area contributed by atoms with E-state index >= 15 is 0 Å². The molecule has 2 aromatic rings. The second kappa shape index (κ2) is 11.7. The topological polar surface area (TPSA) is 85.4 Å². The minimum Gasteiger partial charge on any atom is -0.375 e. The van der Waals surface area contributed by atoms with Crippen molar-refractivity contribution in [2.75, 3.05) is 33.3 Å². The van der Waals surface area contributed by atoms with E-state index in [9.17, 15) is 14.4 Å². The zero-order valence-electron chi connectivity index (χ0n) is 22.1. The fraction of sp³-hybridized carbons (Fsp3) is 0.464. The molecular formula is C28H37N5O4. The van der Waals surface area contributed by atoms with E-state index < -0.39 is 12.2 Å². The van der Waals surface area contributed by atoms with Gasteiger partial charge >= 0.3 is 6.03 Å². The monoisotopic (exact) mass is 507 g/mol. The minimum atomic E-state index is -0.638. The molecule has 2 aliphatic rings. The van der Waals surface area contributed by atoms with Crippen molar-refractivity contribution in [1.82, 2.24) is 25.1 Å². The molecule has 2 aliphatic heterocycles. The molecule has 1 N–H and O–H groups in total. The number of rotatable bonds is 8. The van der Waals surface area contributed by atoms with Crippen LogP contribution in [0.3, 0.4) is 0 Å². The van der Waals surface area contributed by atoms with E-state index in [-0.39, 0.29) is 36.9 Å². The number of nitrogens with one attached hydrogen (secondary N) is 1. The van der Waals surface area contributed by atoms with Gasteiger partial charge in [0.05, 0.1) is 26.3 Å². The number of likely N-dealkylation sites (N-methyl/N-ethyl adjacent to an activating group) is 1. The van der Waals surface area contributed by atoms with Crippen LogP contribution < -0.4 is 5.32 Å². The third-order valence-corrected chi connectivity index (χ3v) is 6.89. The van der Waals surface area contributed by atoms with Crippen molar-refractivity contribution >= 4 is 17.8 Å². The molecule has 2 fully saturated rings. The number of piperazine rings is 1. The molecule has 0 spiro atoms. The Morgan fingerprint density at radius 1 is 1.05 bits per heavy atom. The van der Waals surface area contributed by atoms with Gasteiger partial charge in [0.2, 0.25) is 11.8 Å². The Kier molecular flexibility index (Phi) is 8.45. The summed E-state index contributed by atoms with van der Waals surface area (Å²) < 4.78 is 5.87. The zero-order chi connectivity index (χ0) is 26.5. The lowest BCUT2D eigenvalue weighted by Crippen LogP contribution is -2.76. The summed E-state index contributed by atoms with van der Waals surface area (Å²) in [6.45, 7) is 7.74. The SMILES string of the molecule is Cc1ccc(COCCN2C[C@H]3N(C(=O)CN(C)N3C(=O)NCc3ccccc3)[C@@H](C(C)C)C2=O)cc1. The summed E-state index contributed by atoms with van der Waals surface area (Å²) >= 11 is 0. The smallest absolute Gasteiger partial charge is 0.334 e. The molecule has 0 bridgehead atoms. The summed E-state index contributed by atoms with van der Waals surface area (Å²) in [5.41, 5.74) is 3.24. The predicted octanol–water partition coefficient (Wildman–Crippen LogP) is 2.61. The van der Waals surface area contributed by atoms with Crippen LogP contribution in [0.1, 0.15) is 30.5 Å². The summed E-state index contributed by atoms with van der Waals surface area (Å²) in [4.78, 5) is 43.3. The number of benzene rings is 2. The number of carbonyl (C=O) groups is 3. The Morgan fingerprint density at radius 3 is 2.43 bits per heavy atom. The highest BCUT2D eigenvalue weighted by molar-refractivity contribution is 5.91. The van der Waals surface area contributed by atoms with Crippen molar-refractivity contribution in [3.05, 3.63) is 71.3 Å². The van der Waals surface area contributed by atoms with Crippen molar-refractivity contribution in [3.8, 4) is 0 Å². The van der Waals surface area contributed by atoms with Gasteiger partial charge in [-0.1, -0.05) is 74.0 Å². The zero-order valence-corrected chi connectivity index (χ0v) is 22.1. The highest BCUT2D eigenvalue weighted by Gasteiger charge is 2.51. The van der Waals surface area contributed by atoms with E-state index in [4.69, 9.17) is 4.74 Å². The summed E-state index contributed by atoms with van der Waals surface area (Å²) in [6.07, 6.45) is -0.593. The van der Waals surface area contributed by atoms with Crippen LogP contribution in [0.2, 0.25) is 0 Å². The van der Waals surface area contributed by atoms with Crippen LogP contribution in [0.5, 0.6) is 0 Å². The van der Waals surface area contributed by atoms with Crippen LogP contribution in [-0.4, -0.2) is 83.2 Å². The first-order chi connectivity index (χ1) is 17.8. The van der Waals surface area contributed by atoms with E-state index in [2.05, 4.69) is 5.32 Å². The molecule has 0 aromatic heterocycles. The van der Waals surface area contributed by atoms with Gasteiger partial charge in [-0.3, -0.25) is 9.59 Å². The van der Waals surface area contributed by atoms with Gasteiger partial charge in [0.1, 0.15) is 12.2 Å². The first kappa shape index (κ1) is 26.6. The molecule has 0 radical (unpaired) electrons. The number of hydrogen-bond acceptors (Lipinski definition) is 5. The molecule has 4 amide bonds. The van der Waals surface area contributed by atoms with Crippen LogP contribution >= 0.6 is 0 Å². The van der Waals surface area contributed by atoms with Gasteiger partial charge in [0.25, 0.3) is 0 Å². The second-order valence-corrected chi connectivity index (χ2v) is 10.1. The van der Waals surface area contributed by atoms with E-state index in [1.54, 1.807) is 26.9 Å². The van der Waals surface area contributed by atoms with Crippen LogP contribution in [-0.2, 0) is 27.5 Å². The van der Waals surface area contributed by atoms with Crippen LogP contribution in [0, 0.1) is 12.8 Å². The van der Waals surface area contributed by atoms with E-state index in [1.165, 1.54) is 5.56 Å². The van der Waals surface area contributed by atoms with Crippen LogP contribution in [0.15, 0.2) is 54.6 Å². The predicted molar refractivity (Wildman–Crippen MR) is 140 cm³/mol. The minimum absolute atomic E-state index is 0.0332. The molecule has 0 aliphatic carbocycles. The average Bonchev–Trinajstić information content (AvgIpc) is 2.87. The molecule has 4 rings (SSSR count). The van der Waals surface area contributed by atoms with Crippen molar-refractivity contribution in [3.63, 3.8) is 0 Å². The number of urea groups is 1. The van der Waals surface area contributed by atoms with Crippen molar-refractivity contribution in [2.45, 2.75) is 46.1 Å². The number of ether oxygens (including phenoxy) is 1. The average molecular weight is 508 g/mol. The van der Waals surface area contributed by atoms with E-state index in [0.717, 1.165) is 11.1 Å². The number of hydrazine groups is 1. The number of amides is 4. The standard InChI is InChI=1S/C28H37N5O4/c1-20(2)26-27(35)31(14-15-37-19-23-12-10-21(3)11-13-23)17-24-32(26)25(34)18-30(4)33(24)28(36)29-16-22-8-6-5-7-9-22/h5-13,20,24,26H,14-19H2,1-4H3,(H,29,36)/t24-,26-/m0/s1. The first-order valence-electron chi connectivity index (χ1n) is 12.8. The van der Waals surface area contributed by atoms with Crippen LogP contribution in [0.25, 0.3) is 0 Å². The molecule has 9 heteroatoms. The van der Waals surface area contributed by atoms with Gasteiger partial charge in [-0.05, 0) is 24.0 Å². The maximum absolute atomic E-state index is 13.5. The number of fused-ring (bicyclic) bond motifs is 1. The normalized spacial score (nSPS) is 20.4. The maximum Gasteiger partial charge on any atom is 0.334 e. The summed E-state index contributed by atoms with van der Waals surface area (Å²) in [5.74, 6) is -0.359. The molecule has 2 aromatic carbocycles. The third-order valence-electron chi connectivity index (χ3n) is 6.89. The summed E-state index contributed by atoms with van der Waals surface area (Å²) in [6, 6.07) is 16.9. The Bertz CT molecular complexity index is 1090. The van der Waals surface area contributed by atoms with Gasteiger partial charge < -0.3 is 19.9 Å². The molecule has 2 saturated heterocycles. The van der Waals surface area contributed by atoms with Gasteiger partial charge in [-0.25, -0.2) is 14.8 Å². The van der Waals surface area contributed by atoms with Gasteiger partial charge in [-0.15, -0.1) is 0 Å². The number of hydrogen-bond donors (Lipinski definition) is 1. The molecule has 198 valence electrons. The van der Waals surface area contributed by atoms with Gasteiger partial charge in [0.15, 0.2) is 0 Å². The lowest BCUT2D eigenvalue weighted by atomic mass is 9.96. The number of aryl methyl sites for hydroxylation is 1. The number of nitrogens with zero attached hydrogens (tertiary/aromatic N) is 4. The lowest BCUT2D eigenvalue weighted by Gasteiger charge is -2.55. The quantitative estimate of drug-likeness (QED) is 0.556. The second-order valence-electron chi connectivity index (χ2n) is 10.1. The Hall–Kier alpha value is -3.43. The molecular weight excluding hydrogens is 470 g/mol. The molecule has 0 unspecified atom stereocenters. The highest BCUT2D eigenvalue weighted by Crippen LogP contribution is 2.29. The maximum atomic E-state index is 13.5. The molecule has 0 saturated carbocycles. The fourth-order valence-electron chi connectivity index (χ4n) is 4.97. The van der Waals surface area contributed by atoms with Gasteiger partial charge in [0, 0.05) is 20.1 Å². The van der Waals surface area contributed by atoms with Gasteiger partial charge in [-0.2, -0.15) is 0 Å². The highest BCUT2D eigenvalue weighted by atomic mass is 16.5. The molecule has 2 atom stereocenters. The Balaban J connectivity index is 1.46. The Labute approximate surface area is 218 Å². The van der Waals surface area contributed by atoms with Crippen LogP contribution in [0.4, 0.5) is 4.79 Å². The largest absolute Gasteiger partial charge is 0.375 e.